The zero-order valence-corrected chi connectivity index (χ0v) is 15.0. The standard InChI is InChI=1S/C18H12F4N6O2/c19-15-9-12(2-1-11(15)3-8-16(29)25-27-23)17-24-10-28(26-17)13-4-6-14(7-5-13)30-18(20,21)22/h1-2,4-7,9-10H,3,8H2. The van der Waals surface area contributed by atoms with Gasteiger partial charge in [-0.1, -0.05) is 12.1 Å². The molecule has 0 unspecified atom stereocenters. The van der Waals surface area contributed by atoms with Crippen molar-refractivity contribution in [3.8, 4) is 22.8 Å². The first kappa shape index (κ1) is 20.8. The summed E-state index contributed by atoms with van der Waals surface area (Å²) in [6, 6.07) is 9.24. The highest BCUT2D eigenvalue weighted by atomic mass is 19.4. The van der Waals surface area contributed by atoms with Gasteiger partial charge in [-0.05, 0) is 53.0 Å². The van der Waals surface area contributed by atoms with Gasteiger partial charge in [-0.3, -0.25) is 4.79 Å². The van der Waals surface area contributed by atoms with Crippen molar-refractivity contribution < 1.29 is 27.1 Å². The second-order valence-corrected chi connectivity index (χ2v) is 5.94. The summed E-state index contributed by atoms with van der Waals surface area (Å²) in [5, 5.41) is 7.11. The summed E-state index contributed by atoms with van der Waals surface area (Å²) in [5.41, 5.74) is 9.25. The normalized spacial score (nSPS) is 11.1. The number of nitrogens with zero attached hydrogens (tertiary/aromatic N) is 6. The van der Waals surface area contributed by atoms with Gasteiger partial charge in [0.2, 0.25) is 5.91 Å². The van der Waals surface area contributed by atoms with E-state index in [9.17, 15) is 22.4 Å². The number of rotatable bonds is 6. The molecule has 12 heteroatoms. The van der Waals surface area contributed by atoms with Crippen LogP contribution < -0.4 is 4.74 Å². The Morgan fingerprint density at radius 1 is 1.20 bits per heavy atom. The Morgan fingerprint density at radius 2 is 1.93 bits per heavy atom. The molecule has 8 nitrogen and oxygen atoms in total. The number of aryl methyl sites for hydroxylation is 1. The quantitative estimate of drug-likeness (QED) is 0.248. The maximum atomic E-state index is 14.3. The summed E-state index contributed by atoms with van der Waals surface area (Å²) in [5.74, 6) is -1.44. The Kier molecular flexibility index (Phi) is 5.98. The summed E-state index contributed by atoms with van der Waals surface area (Å²) in [6.45, 7) is 0. The number of halogens is 4. The Morgan fingerprint density at radius 3 is 2.57 bits per heavy atom. The second kappa shape index (κ2) is 8.62. The Bertz CT molecular complexity index is 1100. The van der Waals surface area contributed by atoms with Crippen molar-refractivity contribution in [2.24, 2.45) is 5.11 Å². The molecule has 2 aromatic carbocycles. The van der Waals surface area contributed by atoms with Crippen LogP contribution in [-0.2, 0) is 11.2 Å². The minimum absolute atomic E-state index is 0.0676. The van der Waals surface area contributed by atoms with E-state index in [0.717, 1.165) is 12.1 Å². The number of ether oxygens (including phenoxy) is 1. The van der Waals surface area contributed by atoms with Crippen molar-refractivity contribution in [2.75, 3.05) is 0 Å². The monoisotopic (exact) mass is 420 g/mol. The number of carbonyl (C=O) groups excluding carboxylic acids is 1. The lowest BCUT2D eigenvalue weighted by Gasteiger charge is -2.09. The van der Waals surface area contributed by atoms with E-state index < -0.39 is 18.1 Å². The van der Waals surface area contributed by atoms with Crippen molar-refractivity contribution in [3.63, 3.8) is 0 Å². The topological polar surface area (TPSA) is 106 Å². The Labute approximate surface area is 166 Å². The van der Waals surface area contributed by atoms with E-state index in [4.69, 9.17) is 5.53 Å². The number of amides is 1. The maximum Gasteiger partial charge on any atom is 0.573 e. The Hall–Kier alpha value is -3.92. The predicted molar refractivity (Wildman–Crippen MR) is 95.9 cm³/mol. The van der Waals surface area contributed by atoms with Crippen LogP contribution >= 0.6 is 0 Å². The molecule has 0 radical (unpaired) electrons. The largest absolute Gasteiger partial charge is 0.573 e. The van der Waals surface area contributed by atoms with Crippen LogP contribution in [0.15, 0.2) is 53.9 Å². The van der Waals surface area contributed by atoms with E-state index in [1.807, 2.05) is 0 Å². The molecule has 1 aromatic heterocycles. The van der Waals surface area contributed by atoms with Gasteiger partial charge in [0.05, 0.1) is 5.69 Å². The molecule has 154 valence electrons. The molecule has 0 spiro atoms. The third-order valence-corrected chi connectivity index (χ3v) is 3.90. The highest BCUT2D eigenvalue weighted by Crippen LogP contribution is 2.24. The first-order chi connectivity index (χ1) is 14.2. The molecule has 0 fully saturated rings. The third-order valence-electron chi connectivity index (χ3n) is 3.90. The molecule has 3 rings (SSSR count). The molecule has 30 heavy (non-hydrogen) atoms. The highest BCUT2D eigenvalue weighted by molar-refractivity contribution is 5.77. The molecule has 0 aliphatic carbocycles. The summed E-state index contributed by atoms with van der Waals surface area (Å²) >= 11 is 0. The van der Waals surface area contributed by atoms with Crippen LogP contribution in [0.1, 0.15) is 12.0 Å². The van der Waals surface area contributed by atoms with Crippen LogP contribution in [0.5, 0.6) is 5.75 Å². The summed E-state index contributed by atoms with van der Waals surface area (Å²) in [6.07, 6.45) is -3.51. The number of benzene rings is 2. The van der Waals surface area contributed by atoms with Gasteiger partial charge in [0.15, 0.2) is 5.82 Å². The second-order valence-electron chi connectivity index (χ2n) is 5.94. The average molecular weight is 420 g/mol. The minimum Gasteiger partial charge on any atom is -0.406 e. The minimum atomic E-state index is -4.78. The fraction of sp³-hybridized carbons (Fsp3) is 0.167. The van der Waals surface area contributed by atoms with Crippen LogP contribution in [0, 0.1) is 5.82 Å². The molecule has 0 aliphatic heterocycles. The lowest BCUT2D eigenvalue weighted by molar-refractivity contribution is -0.274. The van der Waals surface area contributed by atoms with Crippen LogP contribution in [0.4, 0.5) is 17.6 Å². The van der Waals surface area contributed by atoms with Crippen LogP contribution in [0.3, 0.4) is 0 Å². The van der Waals surface area contributed by atoms with Gasteiger partial charge in [-0.15, -0.1) is 18.3 Å². The van der Waals surface area contributed by atoms with Gasteiger partial charge in [-0.25, -0.2) is 14.1 Å². The molecule has 0 saturated carbocycles. The number of aromatic nitrogens is 3. The van der Waals surface area contributed by atoms with Gasteiger partial charge in [0.1, 0.15) is 17.9 Å². The van der Waals surface area contributed by atoms with Crippen molar-refractivity contribution in [2.45, 2.75) is 19.2 Å². The van der Waals surface area contributed by atoms with Gasteiger partial charge in [0.25, 0.3) is 0 Å². The van der Waals surface area contributed by atoms with Crippen LogP contribution in [0.2, 0.25) is 0 Å². The number of hydrogen-bond acceptors (Lipinski definition) is 4. The van der Waals surface area contributed by atoms with Gasteiger partial charge in [-0.2, -0.15) is 0 Å². The number of hydrogen-bond donors (Lipinski definition) is 0. The molecule has 0 bridgehead atoms. The zero-order chi connectivity index (χ0) is 21.7. The van der Waals surface area contributed by atoms with Crippen molar-refractivity contribution in [1.82, 2.24) is 14.8 Å². The van der Waals surface area contributed by atoms with Gasteiger partial charge in [0, 0.05) is 16.9 Å². The van der Waals surface area contributed by atoms with Crippen molar-refractivity contribution in [1.29, 1.82) is 0 Å². The first-order valence-electron chi connectivity index (χ1n) is 8.40. The van der Waals surface area contributed by atoms with Crippen LogP contribution in [0.25, 0.3) is 27.5 Å². The molecule has 0 aliphatic rings. The van der Waals surface area contributed by atoms with E-state index in [1.54, 1.807) is 6.07 Å². The third kappa shape index (κ3) is 5.32. The molecule has 1 amide bonds. The van der Waals surface area contributed by atoms with E-state index in [2.05, 4.69) is 24.8 Å². The molecule has 3 aromatic rings. The molecule has 0 N–H and O–H groups in total. The van der Waals surface area contributed by atoms with E-state index in [0.29, 0.717) is 11.3 Å². The predicted octanol–water partition coefficient (Wildman–Crippen LogP) is 4.74. The summed E-state index contributed by atoms with van der Waals surface area (Å²) < 4.78 is 56.1. The number of alkyl halides is 3. The molecule has 1 heterocycles. The average Bonchev–Trinajstić information content (AvgIpc) is 3.17. The highest BCUT2D eigenvalue weighted by Gasteiger charge is 2.31. The van der Waals surface area contributed by atoms with Crippen molar-refractivity contribution in [3.05, 3.63) is 70.6 Å². The Balaban J connectivity index is 1.73. The summed E-state index contributed by atoms with van der Waals surface area (Å²) in [7, 11) is 0. The van der Waals surface area contributed by atoms with Gasteiger partial charge < -0.3 is 4.74 Å². The SMILES string of the molecule is [N-]=[N+]=NC(=O)CCc1ccc(-c2ncn(-c3ccc(OC(F)(F)F)cc3)n2)cc1F. The van der Waals surface area contributed by atoms with Crippen molar-refractivity contribution >= 4 is 5.91 Å². The molecule has 0 atom stereocenters. The van der Waals surface area contributed by atoms with E-state index in [1.165, 1.54) is 35.3 Å². The fourth-order valence-corrected chi connectivity index (χ4v) is 2.55. The zero-order valence-electron chi connectivity index (χ0n) is 15.0. The number of carbonyl (C=O) groups is 1. The maximum absolute atomic E-state index is 14.3. The molecular weight excluding hydrogens is 408 g/mol. The molecule has 0 saturated heterocycles. The van der Waals surface area contributed by atoms with E-state index in [-0.39, 0.29) is 30.0 Å². The fourth-order valence-electron chi connectivity index (χ4n) is 2.55. The van der Waals surface area contributed by atoms with E-state index >= 15 is 0 Å². The summed E-state index contributed by atoms with van der Waals surface area (Å²) in [4.78, 5) is 17.7. The molecular formula is C18H12F4N6O2. The lowest BCUT2D eigenvalue weighted by Crippen LogP contribution is -2.17. The smallest absolute Gasteiger partial charge is 0.406 e. The first-order valence-corrected chi connectivity index (χ1v) is 8.40. The number of azide groups is 1. The van der Waals surface area contributed by atoms with Crippen LogP contribution in [-0.4, -0.2) is 27.0 Å². The lowest BCUT2D eigenvalue weighted by atomic mass is 10.1. The van der Waals surface area contributed by atoms with Gasteiger partial charge >= 0.3 is 6.36 Å².